The summed E-state index contributed by atoms with van der Waals surface area (Å²) in [4.78, 5) is 12.7. The summed E-state index contributed by atoms with van der Waals surface area (Å²) in [5.41, 5.74) is 1.64. The summed E-state index contributed by atoms with van der Waals surface area (Å²) in [5.74, 6) is -0.997. The molecule has 20 heavy (non-hydrogen) atoms. The summed E-state index contributed by atoms with van der Waals surface area (Å²) in [7, 11) is 1.64. The number of halogens is 1. The zero-order valence-corrected chi connectivity index (χ0v) is 12.1. The summed E-state index contributed by atoms with van der Waals surface area (Å²) < 4.78 is 5.09. The quantitative estimate of drug-likeness (QED) is 0.591. The lowest BCUT2D eigenvalue weighted by atomic mass is 10.1. The van der Waals surface area contributed by atoms with Crippen LogP contribution in [0.3, 0.4) is 0 Å². The predicted molar refractivity (Wildman–Crippen MR) is 82.4 cm³/mol. The summed E-state index contributed by atoms with van der Waals surface area (Å²) in [6, 6.07) is 5.38. The minimum absolute atomic E-state index is 0.559. The standard InChI is InChI=1S/C15H18ClNO3/c1-3-8-17(9-10-20-2)14-6-5-13(16)11-12(14)4-7-15(18)19/h3-7,11H,1,8-10H2,2H3,(H,18,19)/b7-4+. The summed E-state index contributed by atoms with van der Waals surface area (Å²) >= 11 is 5.97. The predicted octanol–water partition coefficient (Wildman–Crippen LogP) is 3.08. The average Bonchev–Trinajstić information content (AvgIpc) is 2.41. The number of methoxy groups -OCH3 is 1. The van der Waals surface area contributed by atoms with E-state index in [1.165, 1.54) is 6.08 Å². The van der Waals surface area contributed by atoms with Gasteiger partial charge in [0.15, 0.2) is 0 Å². The zero-order chi connectivity index (χ0) is 15.0. The van der Waals surface area contributed by atoms with Gasteiger partial charge in [0.1, 0.15) is 0 Å². The van der Waals surface area contributed by atoms with Gasteiger partial charge in [-0.3, -0.25) is 0 Å². The van der Waals surface area contributed by atoms with Crippen molar-refractivity contribution in [2.75, 3.05) is 31.7 Å². The second kappa shape index (κ2) is 8.40. The molecule has 0 heterocycles. The minimum atomic E-state index is -0.997. The van der Waals surface area contributed by atoms with E-state index in [0.29, 0.717) is 24.7 Å². The van der Waals surface area contributed by atoms with Gasteiger partial charge < -0.3 is 14.7 Å². The first-order valence-corrected chi connectivity index (χ1v) is 6.51. The Morgan fingerprint density at radius 3 is 2.90 bits per heavy atom. The molecule has 0 radical (unpaired) electrons. The van der Waals surface area contributed by atoms with Crippen LogP contribution in [0.25, 0.3) is 6.08 Å². The molecule has 0 aliphatic carbocycles. The van der Waals surface area contributed by atoms with Crippen LogP contribution in [0.15, 0.2) is 36.9 Å². The third kappa shape index (κ3) is 5.07. The molecule has 0 saturated heterocycles. The van der Waals surface area contributed by atoms with E-state index in [4.69, 9.17) is 21.4 Å². The molecule has 0 aliphatic rings. The first-order valence-electron chi connectivity index (χ1n) is 6.13. The lowest BCUT2D eigenvalue weighted by Gasteiger charge is -2.25. The highest BCUT2D eigenvalue weighted by Crippen LogP contribution is 2.25. The zero-order valence-electron chi connectivity index (χ0n) is 11.4. The number of hydrogen-bond donors (Lipinski definition) is 1. The molecule has 0 spiro atoms. The highest BCUT2D eigenvalue weighted by Gasteiger charge is 2.09. The van der Waals surface area contributed by atoms with E-state index in [1.54, 1.807) is 25.3 Å². The molecule has 1 N–H and O–H groups in total. The molecule has 1 rings (SSSR count). The number of ether oxygens (including phenoxy) is 1. The fraction of sp³-hybridized carbons (Fsp3) is 0.267. The topological polar surface area (TPSA) is 49.8 Å². The number of rotatable bonds is 8. The Morgan fingerprint density at radius 2 is 2.30 bits per heavy atom. The van der Waals surface area contributed by atoms with Crippen LogP contribution < -0.4 is 4.90 Å². The van der Waals surface area contributed by atoms with Crippen molar-refractivity contribution in [1.29, 1.82) is 0 Å². The molecule has 5 heteroatoms. The van der Waals surface area contributed by atoms with Gasteiger partial charge in [0.2, 0.25) is 0 Å². The molecule has 0 saturated carbocycles. The maximum absolute atomic E-state index is 10.7. The van der Waals surface area contributed by atoms with Crippen LogP contribution in [-0.2, 0) is 9.53 Å². The van der Waals surface area contributed by atoms with E-state index in [2.05, 4.69) is 6.58 Å². The Hall–Kier alpha value is -1.78. The number of carbonyl (C=O) groups is 1. The van der Waals surface area contributed by atoms with Gasteiger partial charge in [-0.05, 0) is 29.8 Å². The highest BCUT2D eigenvalue weighted by molar-refractivity contribution is 6.30. The van der Waals surface area contributed by atoms with E-state index in [-0.39, 0.29) is 0 Å². The molecular formula is C15H18ClNO3. The van der Waals surface area contributed by atoms with Crippen molar-refractivity contribution in [2.45, 2.75) is 0 Å². The van der Waals surface area contributed by atoms with E-state index < -0.39 is 5.97 Å². The van der Waals surface area contributed by atoms with Crippen molar-refractivity contribution in [3.63, 3.8) is 0 Å². The maximum Gasteiger partial charge on any atom is 0.328 e. The number of nitrogens with zero attached hydrogens (tertiary/aromatic N) is 1. The van der Waals surface area contributed by atoms with Crippen molar-refractivity contribution in [3.8, 4) is 0 Å². The molecule has 0 aromatic heterocycles. The van der Waals surface area contributed by atoms with E-state index >= 15 is 0 Å². The second-order valence-electron chi connectivity index (χ2n) is 4.10. The van der Waals surface area contributed by atoms with Crippen molar-refractivity contribution in [3.05, 3.63) is 47.5 Å². The summed E-state index contributed by atoms with van der Waals surface area (Å²) in [5, 5.41) is 9.31. The fourth-order valence-electron chi connectivity index (χ4n) is 1.78. The van der Waals surface area contributed by atoms with Gasteiger partial charge in [-0.2, -0.15) is 0 Å². The fourth-order valence-corrected chi connectivity index (χ4v) is 1.96. The number of hydrogen-bond acceptors (Lipinski definition) is 3. The SMILES string of the molecule is C=CCN(CCOC)c1ccc(Cl)cc1/C=C/C(=O)O. The van der Waals surface area contributed by atoms with Gasteiger partial charge in [-0.15, -0.1) is 6.58 Å². The van der Waals surface area contributed by atoms with E-state index in [1.807, 2.05) is 11.0 Å². The van der Waals surface area contributed by atoms with Crippen molar-refractivity contribution in [2.24, 2.45) is 0 Å². The number of carboxylic acids is 1. The summed E-state index contributed by atoms with van der Waals surface area (Å²) in [6.45, 7) is 5.62. The average molecular weight is 296 g/mol. The molecule has 0 atom stereocenters. The molecule has 0 unspecified atom stereocenters. The molecular weight excluding hydrogens is 278 g/mol. The second-order valence-corrected chi connectivity index (χ2v) is 4.54. The van der Waals surface area contributed by atoms with Gasteiger partial charge in [-0.25, -0.2) is 4.79 Å². The maximum atomic E-state index is 10.7. The van der Waals surface area contributed by atoms with Crippen molar-refractivity contribution < 1.29 is 14.6 Å². The lowest BCUT2D eigenvalue weighted by molar-refractivity contribution is -0.131. The van der Waals surface area contributed by atoms with Gasteiger partial charge in [0.05, 0.1) is 6.61 Å². The number of aliphatic carboxylic acids is 1. The Bertz CT molecular complexity index is 500. The Morgan fingerprint density at radius 1 is 1.55 bits per heavy atom. The Labute approximate surface area is 123 Å². The van der Waals surface area contributed by atoms with Crippen LogP contribution in [0.5, 0.6) is 0 Å². The number of benzene rings is 1. The lowest BCUT2D eigenvalue weighted by Crippen LogP contribution is -2.27. The third-order valence-corrected chi connectivity index (χ3v) is 2.89. The molecule has 0 bridgehead atoms. The molecule has 4 nitrogen and oxygen atoms in total. The Kier molecular flexibility index (Phi) is 6.84. The van der Waals surface area contributed by atoms with Crippen LogP contribution in [-0.4, -0.2) is 37.9 Å². The van der Waals surface area contributed by atoms with Gasteiger partial charge >= 0.3 is 5.97 Å². The van der Waals surface area contributed by atoms with E-state index in [9.17, 15) is 4.79 Å². The molecule has 0 aliphatic heterocycles. The number of anilines is 1. The van der Waals surface area contributed by atoms with Crippen LogP contribution in [0, 0.1) is 0 Å². The van der Waals surface area contributed by atoms with Crippen LogP contribution >= 0.6 is 11.6 Å². The normalized spacial score (nSPS) is 10.7. The third-order valence-electron chi connectivity index (χ3n) is 2.65. The summed E-state index contributed by atoms with van der Waals surface area (Å²) in [6.07, 6.45) is 4.42. The Balaban J connectivity index is 3.11. The first-order chi connectivity index (χ1) is 9.58. The van der Waals surface area contributed by atoms with Gasteiger partial charge in [-0.1, -0.05) is 17.7 Å². The smallest absolute Gasteiger partial charge is 0.328 e. The van der Waals surface area contributed by atoms with Gasteiger partial charge in [0.25, 0.3) is 0 Å². The van der Waals surface area contributed by atoms with Crippen molar-refractivity contribution >= 4 is 29.3 Å². The molecule has 0 amide bonds. The van der Waals surface area contributed by atoms with Gasteiger partial charge in [0, 0.05) is 37.0 Å². The molecule has 1 aromatic carbocycles. The van der Waals surface area contributed by atoms with Crippen molar-refractivity contribution in [1.82, 2.24) is 0 Å². The number of carboxylic acid groups (broad SMARTS) is 1. The molecule has 0 fully saturated rings. The monoisotopic (exact) mass is 295 g/mol. The van der Waals surface area contributed by atoms with Crippen LogP contribution in [0.1, 0.15) is 5.56 Å². The minimum Gasteiger partial charge on any atom is -0.478 e. The largest absolute Gasteiger partial charge is 0.478 e. The van der Waals surface area contributed by atoms with E-state index in [0.717, 1.165) is 17.3 Å². The van der Waals surface area contributed by atoms with Crippen LogP contribution in [0.4, 0.5) is 5.69 Å². The highest BCUT2D eigenvalue weighted by atomic mass is 35.5. The molecule has 108 valence electrons. The van der Waals surface area contributed by atoms with Crippen LogP contribution in [0.2, 0.25) is 5.02 Å². The molecule has 1 aromatic rings. The first kappa shape index (κ1) is 16.3.